The van der Waals surface area contributed by atoms with Gasteiger partial charge in [-0.05, 0) is 0 Å². The third-order valence-electron chi connectivity index (χ3n) is 12.2. The number of allylic oxidation sites excluding steroid dienone is 4. The monoisotopic (exact) mass is 1020 g/mol. The van der Waals surface area contributed by atoms with E-state index < -0.39 is 25.9 Å². The molecule has 0 spiro atoms. The summed E-state index contributed by atoms with van der Waals surface area (Å²) in [5, 5.41) is 0. The molecule has 0 aliphatic heterocycles. The summed E-state index contributed by atoms with van der Waals surface area (Å²) in [6.07, 6.45) is 8.39. The van der Waals surface area contributed by atoms with Crippen LogP contribution in [0.4, 0.5) is 0 Å². The van der Waals surface area contributed by atoms with E-state index in [0.717, 1.165) is 12.8 Å². The van der Waals surface area contributed by atoms with Crippen molar-refractivity contribution in [3.8, 4) is 11.1 Å². The average Bonchev–Trinajstić information content (AvgIpc) is 3.73. The summed E-state index contributed by atoms with van der Waals surface area (Å²) in [7, 11) is 0. The molecule has 0 N–H and O–H groups in total. The van der Waals surface area contributed by atoms with Crippen LogP contribution in [0.15, 0.2) is 88.2 Å². The van der Waals surface area contributed by atoms with Crippen LogP contribution in [-0.4, -0.2) is 4.21 Å². The first kappa shape index (κ1) is 50.1. The maximum atomic E-state index is 6.53. The Morgan fingerprint density at radius 3 is 1.31 bits per heavy atom. The predicted octanol–water partition coefficient (Wildman–Crippen LogP) is 15.2. The first-order valence-electron chi connectivity index (χ1n) is 19.5. The van der Waals surface area contributed by atoms with Gasteiger partial charge >= 0.3 is 371 Å². The van der Waals surface area contributed by atoms with Crippen LogP contribution in [0.3, 0.4) is 0 Å². The van der Waals surface area contributed by atoms with Crippen molar-refractivity contribution in [1.82, 2.24) is 0 Å². The van der Waals surface area contributed by atoms with Crippen molar-refractivity contribution in [2.45, 2.75) is 125 Å². The molecule has 0 bridgehead atoms. The van der Waals surface area contributed by atoms with Gasteiger partial charge in [0.05, 0.1) is 0 Å². The summed E-state index contributed by atoms with van der Waals surface area (Å²) in [5.41, 5.74) is 11.6. The molecule has 0 unspecified atom stereocenters. The summed E-state index contributed by atoms with van der Waals surface area (Å²) in [4.78, 5) is 0. The maximum absolute atomic E-state index is 6.53. The van der Waals surface area contributed by atoms with Crippen molar-refractivity contribution < 1.29 is 18.3 Å². The molecule has 2 aliphatic rings. The van der Waals surface area contributed by atoms with Gasteiger partial charge in [0.15, 0.2) is 0 Å². The Morgan fingerprint density at radius 1 is 0.534 bits per heavy atom. The Morgan fingerprint density at radius 2 is 0.948 bits per heavy atom. The molecule has 2 aliphatic carbocycles. The van der Waals surface area contributed by atoms with Crippen molar-refractivity contribution in [3.63, 3.8) is 0 Å². The van der Waals surface area contributed by atoms with E-state index in [9.17, 15) is 0 Å². The second-order valence-electron chi connectivity index (χ2n) is 20.4. The Labute approximate surface area is 391 Å². The van der Waals surface area contributed by atoms with Crippen molar-refractivity contribution in [2.75, 3.05) is 0 Å². The third kappa shape index (κ3) is 8.57. The summed E-state index contributed by atoms with van der Waals surface area (Å²) >= 11 is 33.7. The standard InChI is InChI=1S/C29H41.2C7H4Cl3.C5H5.CH2.2ClH.Zr/c1-26(2,3)22-14-18-13-19-15-23(27(4,5)6)25(29(10,11)12)17-21(19)20(18)16-24(22)28(7,8)9;2*8-7(9,10)6-4-2-1-3-5-6;1-2-4-5-3-1;;;;/h14,16-17H,13H2,1-12H3;2*2-5H;1-3H,4H2;1H2;2*1H;. The third-order valence-corrected chi connectivity index (χ3v) is 29.9. The molecule has 0 aromatic heterocycles. The molecule has 58 heavy (non-hydrogen) atoms. The summed E-state index contributed by atoms with van der Waals surface area (Å²) < 4.78 is 7.75. The van der Waals surface area contributed by atoms with Crippen LogP contribution in [-0.2, 0) is 54.0 Å². The van der Waals surface area contributed by atoms with Gasteiger partial charge in [0.1, 0.15) is 0 Å². The summed E-state index contributed by atoms with van der Waals surface area (Å²) in [6.45, 7) is 28.2. The quantitative estimate of drug-likeness (QED) is 0.157. The van der Waals surface area contributed by atoms with Crippen LogP contribution >= 0.6 is 94.4 Å². The zero-order valence-electron chi connectivity index (χ0n) is 35.8. The van der Waals surface area contributed by atoms with E-state index in [1.54, 1.807) is 0 Å². The molecule has 314 valence electrons. The number of hydrogen-bond acceptors (Lipinski definition) is 0. The van der Waals surface area contributed by atoms with Gasteiger partial charge in [0.2, 0.25) is 0 Å². The van der Waals surface area contributed by atoms with Crippen LogP contribution in [0, 0.1) is 0 Å². The first-order valence-corrected chi connectivity index (χ1v) is 28.5. The molecular weight excluding hydrogens is 963 g/mol. The molecule has 0 amide bonds. The molecule has 4 aromatic rings. The molecule has 0 saturated heterocycles. The Bertz CT molecular complexity index is 2280. The number of rotatable bonds is 4. The van der Waals surface area contributed by atoms with Crippen LogP contribution in [0.1, 0.15) is 134 Å². The molecule has 0 radical (unpaired) electrons. The van der Waals surface area contributed by atoms with Crippen LogP contribution in [0.25, 0.3) is 11.1 Å². The van der Waals surface area contributed by atoms with Crippen molar-refractivity contribution in [3.05, 3.63) is 133 Å². The number of halogens is 8. The van der Waals surface area contributed by atoms with Gasteiger partial charge < -0.3 is 0 Å². The molecule has 0 saturated carbocycles. The predicted molar refractivity (Wildman–Crippen MR) is 263 cm³/mol. The second kappa shape index (κ2) is 16.2. The second-order valence-corrected chi connectivity index (χ2v) is 37.7. The fourth-order valence-electron chi connectivity index (χ4n) is 9.50. The van der Waals surface area contributed by atoms with E-state index >= 15 is 0 Å². The molecule has 0 nitrogen and oxygen atoms in total. The number of fused-ring (bicyclic) bond motifs is 3. The molecule has 0 fully saturated rings. The Kier molecular flexibility index (Phi) is 14.0. The van der Waals surface area contributed by atoms with Crippen molar-refractivity contribution in [2.24, 2.45) is 0 Å². The van der Waals surface area contributed by atoms with Crippen LogP contribution in [0.2, 0.25) is 0 Å². The normalized spacial score (nSPS) is 15.1. The number of alkyl halides is 6. The first-order chi connectivity index (χ1) is 25.4. The van der Waals surface area contributed by atoms with Gasteiger partial charge in [0.25, 0.3) is 0 Å². The van der Waals surface area contributed by atoms with Crippen molar-refractivity contribution in [1.29, 1.82) is 0 Å². The van der Waals surface area contributed by atoms with Crippen LogP contribution in [0.5, 0.6) is 0 Å². The van der Waals surface area contributed by atoms with Crippen LogP contribution < -0.4 is 9.81 Å². The zero-order valence-corrected chi connectivity index (χ0v) is 44.4. The molecular formula is C49H58Cl8Zr. The number of hydrogen-bond donors (Lipinski definition) is 0. The van der Waals surface area contributed by atoms with Gasteiger partial charge in [-0.3, -0.25) is 0 Å². The van der Waals surface area contributed by atoms with E-state index in [1.165, 1.54) is 57.6 Å². The van der Waals surface area contributed by atoms with Gasteiger partial charge in [-0.2, -0.15) is 0 Å². The zero-order chi connectivity index (χ0) is 41.8. The minimum atomic E-state index is -5.43. The molecule has 0 atom stereocenters. The molecule has 6 rings (SSSR count). The van der Waals surface area contributed by atoms with E-state index in [2.05, 4.69) is 144 Å². The summed E-state index contributed by atoms with van der Waals surface area (Å²) in [5.74, 6) is 0. The van der Waals surface area contributed by atoms with E-state index in [4.69, 9.17) is 73.8 Å². The van der Waals surface area contributed by atoms with Crippen molar-refractivity contribution >= 4 is 108 Å². The fraction of sp³-hybridized carbons (Fsp3) is 0.408. The SMILES string of the molecule is Cl.Cl.[CH2]=[Zr]([C]1=CC=CC1)([c]1ccc(C(Cl)(Cl)Cl)cc1)([c]1ccc(C(Cl)(Cl)Cl)cc1)[c]1c2c(cc(C(C)(C)C)c1C(C)(C)C)-c1cc(C(C)(C)C)c(C(C)(C)C)cc1C2. The van der Waals surface area contributed by atoms with Gasteiger partial charge in [-0.25, -0.2) is 0 Å². The summed E-state index contributed by atoms with van der Waals surface area (Å²) in [6, 6.07) is 24.2. The van der Waals surface area contributed by atoms with Gasteiger partial charge in [-0.1, -0.05) is 0 Å². The molecule has 4 aromatic carbocycles. The minimum absolute atomic E-state index is 0. The fourth-order valence-corrected chi connectivity index (χ4v) is 26.9. The average molecular weight is 1020 g/mol. The van der Waals surface area contributed by atoms with E-state index in [0.29, 0.717) is 11.1 Å². The van der Waals surface area contributed by atoms with E-state index in [-0.39, 0.29) is 46.5 Å². The molecule has 0 heterocycles. The Balaban J connectivity index is 0.00000372. The number of benzene rings is 4. The van der Waals surface area contributed by atoms with Gasteiger partial charge in [0, 0.05) is 0 Å². The Hall–Kier alpha value is -0.567. The van der Waals surface area contributed by atoms with Gasteiger partial charge in [-0.15, -0.1) is 24.8 Å². The topological polar surface area (TPSA) is 0 Å². The van der Waals surface area contributed by atoms with E-state index in [1.807, 2.05) is 24.3 Å². The molecule has 9 heteroatoms.